The number of benzene rings is 1. The van der Waals surface area contributed by atoms with Gasteiger partial charge in [-0.3, -0.25) is 14.9 Å². The smallest absolute Gasteiger partial charge is 0.336 e. The third-order valence-electron chi connectivity index (χ3n) is 5.35. The van der Waals surface area contributed by atoms with E-state index in [4.69, 9.17) is 4.74 Å². The standard InChI is InChI=1S/C20H24N2O5/c1-13-19(20(24)27-12-14-6-3-2-4-7-14)17(11-18(23)21-13)15-8-5-9-16(10-15)22(25)26/h5,8-10,14,17H,2-4,6-7,11-12H2,1H3,(H,21,23). The third-order valence-corrected chi connectivity index (χ3v) is 5.35. The molecule has 0 bridgehead atoms. The molecule has 1 fully saturated rings. The van der Waals surface area contributed by atoms with Crippen molar-refractivity contribution in [3.63, 3.8) is 0 Å². The molecule has 1 saturated carbocycles. The Balaban J connectivity index is 1.82. The quantitative estimate of drug-likeness (QED) is 0.484. The fraction of sp³-hybridized carbons (Fsp3) is 0.500. The Morgan fingerprint density at radius 3 is 2.74 bits per heavy atom. The lowest BCUT2D eigenvalue weighted by Crippen LogP contribution is -2.34. The van der Waals surface area contributed by atoms with E-state index in [2.05, 4.69) is 5.32 Å². The zero-order valence-electron chi connectivity index (χ0n) is 15.4. The Morgan fingerprint density at radius 2 is 2.04 bits per heavy atom. The molecule has 1 atom stereocenters. The Bertz CT molecular complexity index is 780. The fourth-order valence-corrected chi connectivity index (χ4v) is 3.94. The summed E-state index contributed by atoms with van der Waals surface area (Å²) >= 11 is 0. The highest BCUT2D eigenvalue weighted by Crippen LogP contribution is 2.35. The molecule has 0 spiro atoms. The van der Waals surface area contributed by atoms with Crippen molar-refractivity contribution in [2.24, 2.45) is 5.92 Å². The number of amides is 1. The Kier molecular flexibility index (Phi) is 5.88. The molecule has 27 heavy (non-hydrogen) atoms. The predicted octanol–water partition coefficient (Wildman–Crippen LogP) is 3.60. The highest BCUT2D eigenvalue weighted by Gasteiger charge is 2.33. The van der Waals surface area contributed by atoms with Crippen LogP contribution >= 0.6 is 0 Å². The second-order valence-corrected chi connectivity index (χ2v) is 7.30. The molecule has 1 aliphatic heterocycles. The molecule has 7 nitrogen and oxygen atoms in total. The molecule has 144 valence electrons. The van der Waals surface area contributed by atoms with Gasteiger partial charge in [0.1, 0.15) is 0 Å². The van der Waals surface area contributed by atoms with E-state index in [-0.39, 0.29) is 18.0 Å². The van der Waals surface area contributed by atoms with E-state index in [1.165, 1.54) is 18.6 Å². The van der Waals surface area contributed by atoms with Gasteiger partial charge in [0, 0.05) is 30.2 Å². The molecular formula is C20H24N2O5. The molecule has 1 unspecified atom stereocenters. The van der Waals surface area contributed by atoms with Crippen molar-refractivity contribution in [3.05, 3.63) is 51.2 Å². The molecular weight excluding hydrogens is 348 g/mol. The minimum atomic E-state index is -0.544. The summed E-state index contributed by atoms with van der Waals surface area (Å²) in [4.78, 5) is 35.4. The van der Waals surface area contributed by atoms with Gasteiger partial charge in [0.15, 0.2) is 0 Å². The third kappa shape index (κ3) is 4.53. The van der Waals surface area contributed by atoms with Gasteiger partial charge in [0.05, 0.1) is 17.1 Å². The first-order valence-corrected chi connectivity index (χ1v) is 9.38. The number of nitro benzene ring substituents is 1. The number of allylic oxidation sites excluding steroid dienone is 1. The summed E-state index contributed by atoms with van der Waals surface area (Å²) in [7, 11) is 0. The summed E-state index contributed by atoms with van der Waals surface area (Å²) in [6, 6.07) is 6.09. The number of hydrogen-bond acceptors (Lipinski definition) is 5. The largest absolute Gasteiger partial charge is 0.462 e. The minimum Gasteiger partial charge on any atom is -0.462 e. The van der Waals surface area contributed by atoms with Crippen LogP contribution in [0.2, 0.25) is 0 Å². The first-order chi connectivity index (χ1) is 13.0. The Hall–Kier alpha value is -2.70. The monoisotopic (exact) mass is 372 g/mol. The van der Waals surface area contributed by atoms with E-state index in [0.717, 1.165) is 25.7 Å². The van der Waals surface area contributed by atoms with E-state index in [0.29, 0.717) is 29.4 Å². The fourth-order valence-electron chi connectivity index (χ4n) is 3.94. The van der Waals surface area contributed by atoms with Gasteiger partial charge in [0.25, 0.3) is 5.69 Å². The van der Waals surface area contributed by atoms with Gasteiger partial charge < -0.3 is 10.1 Å². The Labute approximate surface area is 157 Å². The molecule has 1 amide bonds. The topological polar surface area (TPSA) is 98.5 Å². The van der Waals surface area contributed by atoms with Gasteiger partial charge in [-0.1, -0.05) is 31.4 Å². The van der Waals surface area contributed by atoms with Gasteiger partial charge in [-0.05, 0) is 31.2 Å². The van der Waals surface area contributed by atoms with Gasteiger partial charge >= 0.3 is 5.97 Å². The first kappa shape index (κ1) is 19.1. The van der Waals surface area contributed by atoms with E-state index < -0.39 is 16.8 Å². The summed E-state index contributed by atoms with van der Waals surface area (Å²) < 4.78 is 5.57. The first-order valence-electron chi connectivity index (χ1n) is 9.38. The summed E-state index contributed by atoms with van der Waals surface area (Å²) in [6.45, 7) is 2.05. The van der Waals surface area contributed by atoms with E-state index in [9.17, 15) is 19.7 Å². The molecule has 7 heteroatoms. The van der Waals surface area contributed by atoms with Crippen molar-refractivity contribution in [1.29, 1.82) is 0 Å². The van der Waals surface area contributed by atoms with Crippen molar-refractivity contribution in [3.8, 4) is 0 Å². The SMILES string of the molecule is CC1=C(C(=O)OCC2CCCCC2)C(c2cccc([N+](=O)[O-])c2)CC(=O)N1. The second kappa shape index (κ2) is 8.33. The highest BCUT2D eigenvalue weighted by molar-refractivity contribution is 5.95. The number of hydrogen-bond donors (Lipinski definition) is 1. The number of esters is 1. The summed E-state index contributed by atoms with van der Waals surface area (Å²) in [5, 5.41) is 13.8. The van der Waals surface area contributed by atoms with Crippen molar-refractivity contribution in [2.45, 2.75) is 51.4 Å². The molecule has 1 N–H and O–H groups in total. The summed E-state index contributed by atoms with van der Waals surface area (Å²) in [5.41, 5.74) is 1.34. The average Bonchev–Trinajstić information content (AvgIpc) is 2.66. The molecule has 0 saturated heterocycles. The number of ether oxygens (including phenoxy) is 1. The van der Waals surface area contributed by atoms with Crippen molar-refractivity contribution in [2.75, 3.05) is 6.61 Å². The summed E-state index contributed by atoms with van der Waals surface area (Å²) in [5.74, 6) is -0.821. The molecule has 1 aliphatic carbocycles. The number of non-ortho nitro benzene ring substituents is 1. The minimum absolute atomic E-state index is 0.0619. The molecule has 0 aromatic heterocycles. The lowest BCUT2D eigenvalue weighted by atomic mass is 9.84. The van der Waals surface area contributed by atoms with Gasteiger partial charge in [-0.25, -0.2) is 4.79 Å². The average molecular weight is 372 g/mol. The van der Waals surface area contributed by atoms with Crippen LogP contribution in [0.5, 0.6) is 0 Å². The molecule has 1 heterocycles. The van der Waals surface area contributed by atoms with Crippen LogP contribution in [0.4, 0.5) is 5.69 Å². The number of nitrogens with one attached hydrogen (secondary N) is 1. The number of carbonyl (C=O) groups excluding carboxylic acids is 2. The van der Waals surface area contributed by atoms with Crippen LogP contribution in [0.15, 0.2) is 35.5 Å². The Morgan fingerprint density at radius 1 is 1.30 bits per heavy atom. The molecule has 1 aromatic rings. The van der Waals surface area contributed by atoms with Crippen LogP contribution in [0.1, 0.15) is 56.9 Å². The van der Waals surface area contributed by atoms with Crippen molar-refractivity contribution < 1.29 is 19.2 Å². The van der Waals surface area contributed by atoms with Crippen LogP contribution < -0.4 is 5.32 Å². The molecule has 2 aliphatic rings. The molecule has 1 aromatic carbocycles. The normalized spacial score (nSPS) is 20.9. The predicted molar refractivity (Wildman–Crippen MR) is 98.8 cm³/mol. The van der Waals surface area contributed by atoms with Crippen LogP contribution in [0, 0.1) is 16.0 Å². The maximum atomic E-state index is 12.8. The summed E-state index contributed by atoms with van der Waals surface area (Å²) in [6.07, 6.45) is 5.75. The number of rotatable bonds is 5. The van der Waals surface area contributed by atoms with Gasteiger partial charge in [0.2, 0.25) is 5.91 Å². The second-order valence-electron chi connectivity index (χ2n) is 7.30. The number of carbonyl (C=O) groups is 2. The van der Waals surface area contributed by atoms with Crippen molar-refractivity contribution in [1.82, 2.24) is 5.32 Å². The molecule has 0 radical (unpaired) electrons. The van der Waals surface area contributed by atoms with Crippen LogP contribution in [-0.2, 0) is 14.3 Å². The maximum Gasteiger partial charge on any atom is 0.336 e. The zero-order valence-corrected chi connectivity index (χ0v) is 15.4. The van der Waals surface area contributed by atoms with Gasteiger partial charge in [-0.15, -0.1) is 0 Å². The maximum absolute atomic E-state index is 12.8. The number of nitrogens with zero attached hydrogens (tertiary/aromatic N) is 1. The van der Waals surface area contributed by atoms with Crippen LogP contribution in [0.3, 0.4) is 0 Å². The zero-order chi connectivity index (χ0) is 19.4. The van der Waals surface area contributed by atoms with Gasteiger partial charge in [-0.2, -0.15) is 0 Å². The van der Waals surface area contributed by atoms with Crippen LogP contribution in [-0.4, -0.2) is 23.4 Å². The lowest BCUT2D eigenvalue weighted by Gasteiger charge is -2.27. The van der Waals surface area contributed by atoms with E-state index in [1.54, 1.807) is 19.1 Å². The lowest BCUT2D eigenvalue weighted by molar-refractivity contribution is -0.384. The molecule has 3 rings (SSSR count). The highest BCUT2D eigenvalue weighted by atomic mass is 16.6. The van der Waals surface area contributed by atoms with E-state index >= 15 is 0 Å². The van der Waals surface area contributed by atoms with Crippen molar-refractivity contribution >= 4 is 17.6 Å². The number of nitro groups is 1. The van der Waals surface area contributed by atoms with E-state index in [1.807, 2.05) is 0 Å². The van der Waals surface area contributed by atoms with Crippen LogP contribution in [0.25, 0.3) is 0 Å².